The van der Waals surface area contributed by atoms with Crippen LogP contribution < -0.4 is 15.0 Å². The Labute approximate surface area is 203 Å². The van der Waals surface area contributed by atoms with E-state index in [1.54, 1.807) is 0 Å². The second-order valence-corrected chi connectivity index (χ2v) is 9.05. The third kappa shape index (κ3) is 6.63. The number of hydrogen-bond acceptors (Lipinski definition) is 10. The summed E-state index contributed by atoms with van der Waals surface area (Å²) in [6.45, 7) is 3.44. The van der Waals surface area contributed by atoms with Crippen LogP contribution in [-0.2, 0) is 16.0 Å². The first-order valence-electron chi connectivity index (χ1n) is 10.8. The molecule has 1 saturated heterocycles. The molecule has 0 radical (unpaired) electrons. The number of ketones is 1. The van der Waals surface area contributed by atoms with Crippen LogP contribution in [0.5, 0.6) is 5.75 Å². The third-order valence-corrected chi connectivity index (χ3v) is 6.19. The minimum atomic E-state index is -4.83. The number of carbonyl (C=O) groups excluding carboxylic acids is 1. The van der Waals surface area contributed by atoms with Crippen LogP contribution in [0.1, 0.15) is 28.8 Å². The summed E-state index contributed by atoms with van der Waals surface area (Å²) in [5, 5.41) is 20.9. The molecule has 1 aromatic carbocycles. The monoisotopic (exact) mass is 508 g/mol. The van der Waals surface area contributed by atoms with Crippen molar-refractivity contribution in [1.29, 1.82) is 0 Å². The number of carbonyl (C=O) groups is 1. The molecule has 1 aliphatic heterocycles. The van der Waals surface area contributed by atoms with Gasteiger partial charge in [-0.05, 0) is 43.2 Å². The van der Waals surface area contributed by atoms with Crippen LogP contribution >= 0.6 is 11.3 Å². The standard InChI is InChI=1S/C22H23F3N6O3S/c1-13-6-7-18(28-27-13)31-9-8-15(12-31)26-21-30-29-19(35-21)11-17(32)20(33-2)14-4-3-5-16(10-14)34-22(23,24)25/h3-7,10,15,20H,8-9,11-12H2,1-2H3,(H,26,30)/t15-,20+/m1/s1. The van der Waals surface area contributed by atoms with Gasteiger partial charge in [-0.3, -0.25) is 4.79 Å². The molecule has 0 bridgehead atoms. The summed E-state index contributed by atoms with van der Waals surface area (Å²) in [6.07, 6.45) is -5.08. The Morgan fingerprint density at radius 1 is 1.23 bits per heavy atom. The Morgan fingerprint density at radius 2 is 2.06 bits per heavy atom. The van der Waals surface area contributed by atoms with E-state index < -0.39 is 18.2 Å². The number of rotatable bonds is 9. The predicted octanol–water partition coefficient (Wildman–Crippen LogP) is 3.73. The first kappa shape index (κ1) is 24.8. The van der Waals surface area contributed by atoms with E-state index in [4.69, 9.17) is 4.74 Å². The molecule has 13 heteroatoms. The van der Waals surface area contributed by atoms with Crippen LogP contribution in [0.4, 0.5) is 24.1 Å². The zero-order valence-corrected chi connectivity index (χ0v) is 19.8. The molecule has 35 heavy (non-hydrogen) atoms. The summed E-state index contributed by atoms with van der Waals surface area (Å²) in [7, 11) is 1.32. The number of nitrogens with zero attached hydrogens (tertiary/aromatic N) is 5. The number of nitrogens with one attached hydrogen (secondary N) is 1. The second kappa shape index (κ2) is 10.5. The van der Waals surface area contributed by atoms with Crippen molar-refractivity contribution in [3.05, 3.63) is 52.7 Å². The number of Topliss-reactive ketones (excluding diaryl/α,β-unsaturated/α-hetero) is 1. The molecule has 0 saturated carbocycles. The lowest BCUT2D eigenvalue weighted by Crippen LogP contribution is -2.26. The molecule has 0 amide bonds. The van der Waals surface area contributed by atoms with Gasteiger partial charge in [0.1, 0.15) is 16.9 Å². The number of alkyl halides is 3. The van der Waals surface area contributed by atoms with E-state index in [1.165, 1.54) is 30.6 Å². The molecule has 9 nitrogen and oxygen atoms in total. The van der Waals surface area contributed by atoms with Crippen LogP contribution in [0.2, 0.25) is 0 Å². The highest BCUT2D eigenvalue weighted by Crippen LogP contribution is 2.29. The van der Waals surface area contributed by atoms with Crippen molar-refractivity contribution in [2.75, 3.05) is 30.4 Å². The molecule has 186 valence electrons. The minimum absolute atomic E-state index is 0.0715. The number of benzene rings is 1. The number of anilines is 2. The van der Waals surface area contributed by atoms with E-state index >= 15 is 0 Å². The van der Waals surface area contributed by atoms with Gasteiger partial charge in [-0.1, -0.05) is 23.5 Å². The first-order chi connectivity index (χ1) is 16.7. The number of ether oxygens (including phenoxy) is 2. The van der Waals surface area contributed by atoms with Gasteiger partial charge in [0.25, 0.3) is 0 Å². The van der Waals surface area contributed by atoms with Gasteiger partial charge in [0, 0.05) is 26.2 Å². The number of hydrogen-bond donors (Lipinski definition) is 1. The van der Waals surface area contributed by atoms with E-state index in [0.717, 1.165) is 43.2 Å². The summed E-state index contributed by atoms with van der Waals surface area (Å²) in [6, 6.07) is 9.17. The SMILES string of the molecule is CO[C@H](C(=O)Cc1nnc(N[C@@H]2CCN(c3ccc(C)nn3)C2)s1)c1cccc(OC(F)(F)F)c1. The fourth-order valence-electron chi connectivity index (χ4n) is 3.77. The lowest BCUT2D eigenvalue weighted by molar-refractivity contribution is -0.274. The van der Waals surface area contributed by atoms with E-state index in [-0.39, 0.29) is 23.8 Å². The molecule has 4 rings (SSSR count). The minimum Gasteiger partial charge on any atom is -0.406 e. The Balaban J connectivity index is 1.34. The zero-order chi connectivity index (χ0) is 25.0. The highest BCUT2D eigenvalue weighted by Gasteiger charge is 2.32. The average molecular weight is 509 g/mol. The molecular weight excluding hydrogens is 485 g/mol. The van der Waals surface area contributed by atoms with Crippen LogP contribution in [0.3, 0.4) is 0 Å². The van der Waals surface area contributed by atoms with Crippen molar-refractivity contribution in [1.82, 2.24) is 20.4 Å². The fourth-order valence-corrected chi connectivity index (χ4v) is 4.60. The Kier molecular flexibility index (Phi) is 7.45. The molecule has 0 spiro atoms. The molecule has 1 aliphatic rings. The maximum atomic E-state index is 12.8. The van der Waals surface area contributed by atoms with Crippen molar-refractivity contribution in [2.45, 2.75) is 38.3 Å². The lowest BCUT2D eigenvalue weighted by Gasteiger charge is -2.17. The topological polar surface area (TPSA) is 102 Å². The van der Waals surface area contributed by atoms with Gasteiger partial charge >= 0.3 is 6.36 Å². The predicted molar refractivity (Wildman–Crippen MR) is 123 cm³/mol. The molecule has 1 fully saturated rings. The molecule has 0 unspecified atom stereocenters. The number of halogens is 3. The molecule has 2 atom stereocenters. The van der Waals surface area contributed by atoms with Gasteiger partial charge in [-0.15, -0.1) is 28.5 Å². The van der Waals surface area contributed by atoms with Gasteiger partial charge in [0.05, 0.1) is 12.1 Å². The second-order valence-electron chi connectivity index (χ2n) is 7.99. The molecule has 0 aliphatic carbocycles. The third-order valence-electron chi connectivity index (χ3n) is 5.34. The molecule has 2 aromatic heterocycles. The number of methoxy groups -OCH3 is 1. The summed E-state index contributed by atoms with van der Waals surface area (Å²) in [5.41, 5.74) is 1.11. The summed E-state index contributed by atoms with van der Waals surface area (Å²) in [5.74, 6) is 0.0394. The highest BCUT2D eigenvalue weighted by molar-refractivity contribution is 7.15. The van der Waals surface area contributed by atoms with Crippen LogP contribution in [0, 0.1) is 6.92 Å². The number of aromatic nitrogens is 4. The molecule has 3 heterocycles. The maximum absolute atomic E-state index is 12.8. The van der Waals surface area contributed by atoms with Crippen molar-refractivity contribution in [2.24, 2.45) is 0 Å². The van der Waals surface area contributed by atoms with Crippen LogP contribution in [0.25, 0.3) is 0 Å². The average Bonchev–Trinajstić information content (AvgIpc) is 3.44. The lowest BCUT2D eigenvalue weighted by atomic mass is 10.0. The van der Waals surface area contributed by atoms with Gasteiger partial charge in [0.2, 0.25) is 5.13 Å². The van der Waals surface area contributed by atoms with Gasteiger partial charge in [-0.25, -0.2) is 0 Å². The normalized spacial score (nSPS) is 16.8. The number of aryl methyl sites for hydroxylation is 1. The maximum Gasteiger partial charge on any atom is 0.573 e. The van der Waals surface area contributed by atoms with E-state index in [1.807, 2.05) is 19.1 Å². The van der Waals surface area contributed by atoms with E-state index in [0.29, 0.717) is 10.1 Å². The smallest absolute Gasteiger partial charge is 0.406 e. The molecule has 1 N–H and O–H groups in total. The van der Waals surface area contributed by atoms with E-state index in [9.17, 15) is 18.0 Å². The van der Waals surface area contributed by atoms with Crippen molar-refractivity contribution < 1.29 is 27.4 Å². The van der Waals surface area contributed by atoms with E-state index in [2.05, 4.69) is 35.3 Å². The first-order valence-corrected chi connectivity index (χ1v) is 11.6. The summed E-state index contributed by atoms with van der Waals surface area (Å²) >= 11 is 1.25. The van der Waals surface area contributed by atoms with Gasteiger partial charge in [-0.2, -0.15) is 5.10 Å². The largest absolute Gasteiger partial charge is 0.573 e. The quantitative estimate of drug-likeness (QED) is 0.463. The highest BCUT2D eigenvalue weighted by atomic mass is 32.1. The van der Waals surface area contributed by atoms with Crippen molar-refractivity contribution in [3.63, 3.8) is 0 Å². The zero-order valence-electron chi connectivity index (χ0n) is 19.0. The summed E-state index contributed by atoms with van der Waals surface area (Å²) in [4.78, 5) is 15.0. The Morgan fingerprint density at radius 3 is 2.77 bits per heavy atom. The van der Waals surface area contributed by atoms with Crippen molar-refractivity contribution in [3.8, 4) is 5.75 Å². The van der Waals surface area contributed by atoms with Gasteiger partial charge in [0.15, 0.2) is 11.6 Å². The van der Waals surface area contributed by atoms with Crippen LogP contribution in [0.15, 0.2) is 36.4 Å². The Hall–Kier alpha value is -3.32. The molecule has 3 aromatic rings. The molecular formula is C22H23F3N6O3S. The van der Waals surface area contributed by atoms with Crippen LogP contribution in [-0.4, -0.2) is 58.8 Å². The van der Waals surface area contributed by atoms with Crippen molar-refractivity contribution >= 4 is 28.1 Å². The Bertz CT molecular complexity index is 1160. The van der Waals surface area contributed by atoms with Gasteiger partial charge < -0.3 is 19.7 Å². The summed E-state index contributed by atoms with van der Waals surface area (Å²) < 4.78 is 46.8. The fraction of sp³-hybridized carbons (Fsp3) is 0.409.